The number of amides is 2. The summed E-state index contributed by atoms with van der Waals surface area (Å²) in [5.74, 6) is 1.36. The molecule has 0 saturated heterocycles. The van der Waals surface area contributed by atoms with Gasteiger partial charge < -0.3 is 19.3 Å². The molecule has 6 nitrogen and oxygen atoms in total. The summed E-state index contributed by atoms with van der Waals surface area (Å²) < 4.78 is 11.9. The Bertz CT molecular complexity index is 992. The normalized spacial score (nSPS) is 21.4. The van der Waals surface area contributed by atoms with Crippen LogP contribution in [-0.2, 0) is 0 Å². The first-order valence-electron chi connectivity index (χ1n) is 12.6. The van der Waals surface area contributed by atoms with Crippen LogP contribution in [0.4, 0.5) is 0 Å². The molecule has 1 aliphatic heterocycles. The van der Waals surface area contributed by atoms with Gasteiger partial charge >= 0.3 is 0 Å². The molecule has 6 heteroatoms. The van der Waals surface area contributed by atoms with Crippen molar-refractivity contribution in [3.8, 4) is 11.5 Å². The van der Waals surface area contributed by atoms with Crippen LogP contribution in [0.1, 0.15) is 72.6 Å². The molecule has 0 unspecified atom stereocenters. The lowest BCUT2D eigenvalue weighted by Gasteiger charge is -2.40. The van der Waals surface area contributed by atoms with Crippen molar-refractivity contribution in [1.29, 1.82) is 0 Å². The van der Waals surface area contributed by atoms with Gasteiger partial charge in [-0.3, -0.25) is 9.59 Å². The van der Waals surface area contributed by atoms with Crippen LogP contribution < -0.4 is 9.47 Å². The highest BCUT2D eigenvalue weighted by atomic mass is 16.5. The Morgan fingerprint density at radius 2 is 1.82 bits per heavy atom. The van der Waals surface area contributed by atoms with Crippen molar-refractivity contribution in [2.24, 2.45) is 0 Å². The lowest BCUT2D eigenvalue weighted by Crippen LogP contribution is -2.51. The topological polar surface area (TPSA) is 59.1 Å². The molecule has 0 bridgehead atoms. The molecule has 1 fully saturated rings. The molecule has 1 aliphatic carbocycles. The maximum absolute atomic E-state index is 13.8. The molecule has 2 atom stereocenters. The number of fused-ring (bicyclic) bond motifs is 2. The summed E-state index contributed by atoms with van der Waals surface area (Å²) in [6, 6.07) is 14.9. The summed E-state index contributed by atoms with van der Waals surface area (Å²) in [6.07, 6.45) is 6.35. The van der Waals surface area contributed by atoms with Crippen molar-refractivity contribution < 1.29 is 19.1 Å². The number of methoxy groups -OCH3 is 1. The van der Waals surface area contributed by atoms with Crippen molar-refractivity contribution in [1.82, 2.24) is 9.80 Å². The third-order valence-corrected chi connectivity index (χ3v) is 6.90. The van der Waals surface area contributed by atoms with E-state index < -0.39 is 0 Å². The molecule has 0 aromatic heterocycles. The van der Waals surface area contributed by atoms with Gasteiger partial charge in [0, 0.05) is 25.2 Å². The molecule has 1 saturated carbocycles. The molecule has 182 valence electrons. The van der Waals surface area contributed by atoms with Gasteiger partial charge in [0.05, 0.1) is 18.7 Å². The lowest BCUT2D eigenvalue weighted by atomic mass is 9.90. The monoisotopic (exact) mass is 464 g/mol. The predicted octanol–water partition coefficient (Wildman–Crippen LogP) is 5.17. The van der Waals surface area contributed by atoms with Crippen LogP contribution in [0.3, 0.4) is 0 Å². The summed E-state index contributed by atoms with van der Waals surface area (Å²) >= 11 is 0. The van der Waals surface area contributed by atoms with E-state index in [0.29, 0.717) is 42.3 Å². The van der Waals surface area contributed by atoms with E-state index >= 15 is 0 Å². The summed E-state index contributed by atoms with van der Waals surface area (Å²) in [5.41, 5.74) is 1.26. The Morgan fingerprint density at radius 1 is 1.03 bits per heavy atom. The molecule has 0 N–H and O–H groups in total. The number of rotatable bonds is 4. The zero-order chi connectivity index (χ0) is 23.9. The van der Waals surface area contributed by atoms with Gasteiger partial charge in [0.25, 0.3) is 11.8 Å². The third kappa shape index (κ3) is 5.37. The minimum atomic E-state index is -0.142. The number of carbonyl (C=O) groups excluding carboxylic acids is 2. The number of carbonyl (C=O) groups is 2. The molecular weight excluding hydrogens is 428 g/mol. The van der Waals surface area contributed by atoms with E-state index in [-0.39, 0.29) is 24.0 Å². The standard InChI is InChI=1S/C28H36N2O4/c1-3-17-29-18-8-9-19-30(27(31)21-11-10-12-22(20-21)33-2)24-14-5-7-16-26(24)34-25-15-6-4-13-23(25)28(29)32/h4,6,10-13,15,20,24,26H,3,5,7-9,14,16-19H2,1-2H3/t24-,26+/m1/s1. The Labute approximate surface area is 202 Å². The summed E-state index contributed by atoms with van der Waals surface area (Å²) in [7, 11) is 1.62. The minimum Gasteiger partial charge on any atom is -0.497 e. The van der Waals surface area contributed by atoms with Crippen LogP contribution in [0.5, 0.6) is 11.5 Å². The van der Waals surface area contributed by atoms with Gasteiger partial charge in [-0.15, -0.1) is 0 Å². The fraction of sp³-hybridized carbons (Fsp3) is 0.500. The predicted molar refractivity (Wildman–Crippen MR) is 133 cm³/mol. The molecule has 2 aromatic rings. The van der Waals surface area contributed by atoms with Crippen molar-refractivity contribution in [2.45, 2.75) is 64.0 Å². The largest absolute Gasteiger partial charge is 0.497 e. The first-order chi connectivity index (χ1) is 16.6. The molecule has 2 aliphatic rings. The van der Waals surface area contributed by atoms with E-state index in [1.807, 2.05) is 58.3 Å². The highest BCUT2D eigenvalue weighted by Gasteiger charge is 2.36. The maximum atomic E-state index is 13.8. The highest BCUT2D eigenvalue weighted by Crippen LogP contribution is 2.31. The second kappa shape index (κ2) is 11.4. The maximum Gasteiger partial charge on any atom is 0.257 e. The number of ether oxygens (including phenoxy) is 2. The average molecular weight is 465 g/mol. The fourth-order valence-electron chi connectivity index (χ4n) is 5.16. The molecular formula is C28H36N2O4. The number of benzene rings is 2. The van der Waals surface area contributed by atoms with Gasteiger partial charge in [0.2, 0.25) is 0 Å². The van der Waals surface area contributed by atoms with Crippen LogP contribution in [0.15, 0.2) is 48.5 Å². The average Bonchev–Trinajstić information content (AvgIpc) is 2.87. The van der Waals surface area contributed by atoms with Gasteiger partial charge in [-0.1, -0.05) is 31.5 Å². The quantitative estimate of drug-likeness (QED) is 0.626. The molecule has 4 rings (SSSR count). The first-order valence-corrected chi connectivity index (χ1v) is 12.6. The van der Waals surface area contributed by atoms with Gasteiger partial charge in [-0.2, -0.15) is 0 Å². The van der Waals surface area contributed by atoms with Crippen LogP contribution in [-0.4, -0.2) is 60.5 Å². The van der Waals surface area contributed by atoms with Crippen LogP contribution in [0.2, 0.25) is 0 Å². The van der Waals surface area contributed by atoms with E-state index in [1.165, 1.54) is 0 Å². The smallest absolute Gasteiger partial charge is 0.257 e. The van der Waals surface area contributed by atoms with E-state index in [0.717, 1.165) is 44.9 Å². The SMILES string of the molecule is CCCN1CCCCN(C(=O)c2cccc(OC)c2)[C@@H]2CCCC[C@@H]2Oc2ccccc2C1=O. The molecule has 0 spiro atoms. The van der Waals surface area contributed by atoms with Crippen molar-refractivity contribution in [3.63, 3.8) is 0 Å². The summed E-state index contributed by atoms with van der Waals surface area (Å²) in [6.45, 7) is 4.13. The Kier molecular flexibility index (Phi) is 8.09. The molecule has 34 heavy (non-hydrogen) atoms. The Hall–Kier alpha value is -3.02. The number of nitrogens with zero attached hydrogens (tertiary/aromatic N) is 2. The zero-order valence-electron chi connectivity index (χ0n) is 20.4. The van der Waals surface area contributed by atoms with E-state index in [4.69, 9.17) is 9.47 Å². The van der Waals surface area contributed by atoms with Gasteiger partial charge in [-0.25, -0.2) is 0 Å². The second-order valence-electron chi connectivity index (χ2n) is 9.23. The van der Waals surface area contributed by atoms with Gasteiger partial charge in [0.1, 0.15) is 17.6 Å². The number of hydrogen-bond donors (Lipinski definition) is 0. The Morgan fingerprint density at radius 3 is 2.65 bits per heavy atom. The van der Waals surface area contributed by atoms with Crippen LogP contribution >= 0.6 is 0 Å². The summed E-state index contributed by atoms with van der Waals surface area (Å²) in [5, 5.41) is 0. The molecule has 2 amide bonds. The van der Waals surface area contributed by atoms with Crippen molar-refractivity contribution in [3.05, 3.63) is 59.7 Å². The highest BCUT2D eigenvalue weighted by molar-refractivity contribution is 5.97. The second-order valence-corrected chi connectivity index (χ2v) is 9.23. The van der Waals surface area contributed by atoms with Crippen molar-refractivity contribution >= 4 is 11.8 Å². The first kappa shape index (κ1) is 24.1. The number of hydrogen-bond acceptors (Lipinski definition) is 4. The third-order valence-electron chi connectivity index (χ3n) is 6.90. The Balaban J connectivity index is 1.69. The van der Waals surface area contributed by atoms with Gasteiger partial charge in [-0.05, 0) is 68.9 Å². The molecule has 2 aromatic carbocycles. The van der Waals surface area contributed by atoms with E-state index in [2.05, 4.69) is 6.92 Å². The van der Waals surface area contributed by atoms with Crippen LogP contribution in [0.25, 0.3) is 0 Å². The fourth-order valence-corrected chi connectivity index (χ4v) is 5.16. The summed E-state index contributed by atoms with van der Waals surface area (Å²) in [4.78, 5) is 31.1. The van der Waals surface area contributed by atoms with E-state index in [9.17, 15) is 9.59 Å². The zero-order valence-corrected chi connectivity index (χ0v) is 20.4. The lowest BCUT2D eigenvalue weighted by molar-refractivity contribution is 0.0258. The molecule has 1 heterocycles. The van der Waals surface area contributed by atoms with E-state index in [1.54, 1.807) is 7.11 Å². The van der Waals surface area contributed by atoms with Gasteiger partial charge in [0.15, 0.2) is 0 Å². The molecule has 0 radical (unpaired) electrons. The van der Waals surface area contributed by atoms with Crippen molar-refractivity contribution in [2.75, 3.05) is 26.7 Å². The van der Waals surface area contributed by atoms with Crippen LogP contribution in [0, 0.1) is 0 Å². The minimum absolute atomic E-state index is 0.0197. The number of para-hydroxylation sites is 1.